The molecule has 1 unspecified atom stereocenters. The maximum atomic E-state index is 14.0. The van der Waals surface area contributed by atoms with Crippen molar-refractivity contribution in [2.24, 2.45) is 0 Å². The third-order valence-corrected chi connectivity index (χ3v) is 7.37. The highest BCUT2D eigenvalue weighted by Crippen LogP contribution is 2.32. The van der Waals surface area contributed by atoms with E-state index >= 15 is 0 Å². The lowest BCUT2D eigenvalue weighted by molar-refractivity contribution is -0.143. The number of halogens is 1. The van der Waals surface area contributed by atoms with Crippen molar-refractivity contribution in [2.45, 2.75) is 31.2 Å². The van der Waals surface area contributed by atoms with Crippen LogP contribution in [0.2, 0.25) is 5.02 Å². The first-order valence-corrected chi connectivity index (χ1v) is 13.8. The second kappa shape index (κ2) is 12.7. The van der Waals surface area contributed by atoms with Gasteiger partial charge in [0, 0.05) is 23.7 Å². The number of amides is 2. The number of piperidine rings is 1. The van der Waals surface area contributed by atoms with Crippen LogP contribution in [0.5, 0.6) is 0 Å². The van der Waals surface area contributed by atoms with Crippen molar-refractivity contribution in [1.29, 1.82) is 0 Å². The molecule has 2 amide bonds. The van der Waals surface area contributed by atoms with Gasteiger partial charge in [0.1, 0.15) is 12.6 Å². The Kier molecular flexibility index (Phi) is 8.71. The normalized spacial score (nSPS) is 15.2. The summed E-state index contributed by atoms with van der Waals surface area (Å²) in [6.07, 6.45) is 4.16. The van der Waals surface area contributed by atoms with Crippen molar-refractivity contribution in [2.75, 3.05) is 19.6 Å². The quantitative estimate of drug-likeness (QED) is 0.227. The van der Waals surface area contributed by atoms with E-state index < -0.39 is 5.92 Å². The third-order valence-electron chi connectivity index (χ3n) is 7.13. The van der Waals surface area contributed by atoms with E-state index in [1.807, 2.05) is 72.8 Å². The van der Waals surface area contributed by atoms with Gasteiger partial charge in [0.15, 0.2) is 0 Å². The summed E-state index contributed by atoms with van der Waals surface area (Å²) in [7, 11) is 0. The molecule has 3 aromatic carbocycles. The Morgan fingerprint density at radius 2 is 1.73 bits per heavy atom. The van der Waals surface area contributed by atoms with Crippen LogP contribution in [-0.2, 0) is 9.59 Å². The summed E-state index contributed by atoms with van der Waals surface area (Å²) in [4.78, 5) is 35.8. The van der Waals surface area contributed by atoms with Crippen molar-refractivity contribution in [1.82, 2.24) is 19.9 Å². The lowest BCUT2D eigenvalue weighted by atomic mass is 9.90. The molecule has 0 saturated carbocycles. The molecule has 1 aromatic heterocycles. The van der Waals surface area contributed by atoms with Crippen LogP contribution in [0.25, 0.3) is 11.4 Å². The number of benzene rings is 3. The van der Waals surface area contributed by atoms with Gasteiger partial charge in [-0.25, -0.2) is 0 Å². The number of carbonyl (C=O) groups is 2. The van der Waals surface area contributed by atoms with Crippen molar-refractivity contribution in [3.63, 3.8) is 0 Å². The topological polar surface area (TPSA) is 79.5 Å². The monoisotopic (exact) mass is 554 g/mol. The number of aromatic nitrogens is 2. The zero-order chi connectivity index (χ0) is 27.9. The van der Waals surface area contributed by atoms with E-state index in [0.29, 0.717) is 29.7 Å². The first kappa shape index (κ1) is 27.3. The summed E-state index contributed by atoms with van der Waals surface area (Å²) < 4.78 is 5.64. The fourth-order valence-electron chi connectivity index (χ4n) is 5.20. The molecule has 1 aliphatic heterocycles. The largest absolute Gasteiger partial charge is 0.337 e. The Balaban J connectivity index is 1.38. The second-order valence-corrected chi connectivity index (χ2v) is 10.3. The standard InChI is InChI=1S/C32H31ClN4O3/c1-2-19-36(32(39)29(23-12-5-3-6-13-23)24-14-7-4-8-15-24)22-28(38)37-20-10-9-18-27(37)31-34-30(35-40-31)25-16-11-17-26(33)21-25/h2-8,11-17,21,27,29H,1,9-10,18-20,22H2. The zero-order valence-electron chi connectivity index (χ0n) is 22.2. The van der Waals surface area contributed by atoms with Crippen molar-refractivity contribution in [3.05, 3.63) is 120 Å². The van der Waals surface area contributed by atoms with E-state index in [0.717, 1.165) is 29.5 Å². The molecule has 7 nitrogen and oxygen atoms in total. The predicted molar refractivity (Wildman–Crippen MR) is 155 cm³/mol. The molecule has 1 aliphatic rings. The second-order valence-electron chi connectivity index (χ2n) is 9.83. The minimum absolute atomic E-state index is 0.0766. The predicted octanol–water partition coefficient (Wildman–Crippen LogP) is 6.29. The highest BCUT2D eigenvalue weighted by molar-refractivity contribution is 6.30. The maximum absolute atomic E-state index is 14.0. The molecule has 204 valence electrons. The molecule has 2 heterocycles. The number of rotatable bonds is 9. The summed E-state index contributed by atoms with van der Waals surface area (Å²) >= 11 is 6.14. The summed E-state index contributed by atoms with van der Waals surface area (Å²) in [6.45, 7) is 4.57. The molecule has 5 rings (SSSR count). The van der Waals surface area contributed by atoms with Gasteiger partial charge >= 0.3 is 0 Å². The summed E-state index contributed by atoms with van der Waals surface area (Å²) in [5, 5.41) is 4.72. The van der Waals surface area contributed by atoms with Crippen LogP contribution in [0.3, 0.4) is 0 Å². The van der Waals surface area contributed by atoms with E-state index in [1.54, 1.807) is 28.0 Å². The van der Waals surface area contributed by atoms with Crippen LogP contribution >= 0.6 is 11.6 Å². The minimum Gasteiger partial charge on any atom is -0.337 e. The van der Waals surface area contributed by atoms with E-state index in [1.165, 1.54) is 0 Å². The Morgan fingerprint density at radius 3 is 2.38 bits per heavy atom. The van der Waals surface area contributed by atoms with Crippen LogP contribution in [-0.4, -0.2) is 51.4 Å². The summed E-state index contributed by atoms with van der Waals surface area (Å²) in [5.74, 6) is -0.0467. The number of hydrogen-bond donors (Lipinski definition) is 0. The van der Waals surface area contributed by atoms with E-state index in [4.69, 9.17) is 16.1 Å². The first-order chi connectivity index (χ1) is 19.5. The summed E-state index contributed by atoms with van der Waals surface area (Å²) in [6, 6.07) is 26.2. The Bertz CT molecular complexity index is 1420. The molecule has 1 fully saturated rings. The number of carbonyl (C=O) groups excluding carboxylic acids is 2. The average Bonchev–Trinajstić information content (AvgIpc) is 3.49. The Labute approximate surface area is 239 Å². The van der Waals surface area contributed by atoms with Crippen LogP contribution in [0.1, 0.15) is 48.2 Å². The zero-order valence-corrected chi connectivity index (χ0v) is 22.9. The molecule has 1 saturated heterocycles. The van der Waals surface area contributed by atoms with Gasteiger partial charge in [-0.15, -0.1) is 6.58 Å². The van der Waals surface area contributed by atoms with E-state index in [9.17, 15) is 9.59 Å². The van der Waals surface area contributed by atoms with Gasteiger partial charge < -0.3 is 14.3 Å². The molecule has 40 heavy (non-hydrogen) atoms. The Hall–Kier alpha value is -4.23. The van der Waals surface area contributed by atoms with Gasteiger partial charge in [0.2, 0.25) is 23.5 Å². The molecule has 0 N–H and O–H groups in total. The fourth-order valence-corrected chi connectivity index (χ4v) is 5.39. The molecular formula is C32H31ClN4O3. The molecule has 0 spiro atoms. The van der Waals surface area contributed by atoms with Gasteiger partial charge in [0.05, 0.1) is 5.92 Å². The van der Waals surface area contributed by atoms with E-state index in [-0.39, 0.29) is 30.9 Å². The van der Waals surface area contributed by atoms with Crippen molar-refractivity contribution in [3.8, 4) is 11.4 Å². The molecule has 0 aliphatic carbocycles. The van der Waals surface area contributed by atoms with E-state index in [2.05, 4.69) is 16.7 Å². The molecular weight excluding hydrogens is 524 g/mol. The van der Waals surface area contributed by atoms with Crippen LogP contribution in [0.4, 0.5) is 0 Å². The third kappa shape index (κ3) is 6.15. The summed E-state index contributed by atoms with van der Waals surface area (Å²) in [5.41, 5.74) is 2.48. The van der Waals surface area contributed by atoms with Crippen molar-refractivity contribution >= 4 is 23.4 Å². The van der Waals surface area contributed by atoms with Gasteiger partial charge in [0.25, 0.3) is 0 Å². The molecule has 0 radical (unpaired) electrons. The minimum atomic E-state index is -0.538. The smallest absolute Gasteiger partial charge is 0.249 e. The van der Waals surface area contributed by atoms with Crippen LogP contribution < -0.4 is 0 Å². The highest BCUT2D eigenvalue weighted by atomic mass is 35.5. The fraction of sp³-hybridized carbons (Fsp3) is 0.250. The molecule has 4 aromatic rings. The highest BCUT2D eigenvalue weighted by Gasteiger charge is 2.35. The molecule has 1 atom stereocenters. The molecule has 0 bridgehead atoms. The molecule has 8 heteroatoms. The number of likely N-dealkylation sites (tertiary alicyclic amines) is 1. The first-order valence-electron chi connectivity index (χ1n) is 13.4. The van der Waals surface area contributed by atoms with Gasteiger partial charge in [-0.3, -0.25) is 9.59 Å². The lowest BCUT2D eigenvalue weighted by Gasteiger charge is -2.35. The average molecular weight is 555 g/mol. The van der Waals surface area contributed by atoms with Gasteiger partial charge in [-0.2, -0.15) is 4.98 Å². The lowest BCUT2D eigenvalue weighted by Crippen LogP contribution is -2.47. The van der Waals surface area contributed by atoms with Crippen LogP contribution in [0.15, 0.2) is 102 Å². The SMILES string of the molecule is C=CCN(CC(=O)N1CCCCC1c1nc(-c2cccc(Cl)c2)no1)C(=O)C(c1ccccc1)c1ccccc1. The number of nitrogens with zero attached hydrogens (tertiary/aromatic N) is 4. The van der Waals surface area contributed by atoms with Crippen LogP contribution in [0, 0.1) is 0 Å². The Morgan fingerprint density at radius 1 is 1.02 bits per heavy atom. The van der Waals surface area contributed by atoms with Crippen molar-refractivity contribution < 1.29 is 14.1 Å². The van der Waals surface area contributed by atoms with Gasteiger partial charge in [-0.05, 0) is 42.5 Å². The number of hydrogen-bond acceptors (Lipinski definition) is 5. The van der Waals surface area contributed by atoms with Gasteiger partial charge in [-0.1, -0.05) is 95.6 Å². The maximum Gasteiger partial charge on any atom is 0.249 e.